The van der Waals surface area contributed by atoms with Gasteiger partial charge in [-0.1, -0.05) is 17.3 Å². The maximum absolute atomic E-state index is 14.1. The fourth-order valence-electron chi connectivity index (χ4n) is 1.80. The number of oxime groups is 1. The van der Waals surface area contributed by atoms with Crippen LogP contribution in [0.4, 0.5) is 17.6 Å². The second-order valence-corrected chi connectivity index (χ2v) is 4.31. The van der Waals surface area contributed by atoms with Gasteiger partial charge in [0.2, 0.25) is 0 Å². The molecule has 4 N–H and O–H groups in total. The predicted molar refractivity (Wildman–Crippen MR) is 67.3 cm³/mol. The zero-order chi connectivity index (χ0) is 16.0. The summed E-state index contributed by atoms with van der Waals surface area (Å²) in [5.74, 6) is -1.34. The maximum Gasteiger partial charge on any atom is 0.401 e. The van der Waals surface area contributed by atoms with Crippen molar-refractivity contribution in [1.82, 2.24) is 4.90 Å². The normalized spacial score (nSPS) is 13.0. The molecule has 1 rings (SSSR count). The van der Waals surface area contributed by atoms with Gasteiger partial charge in [-0.15, -0.1) is 0 Å². The number of nitrogens with two attached hydrogens (primary N) is 1. The van der Waals surface area contributed by atoms with Gasteiger partial charge in [-0.05, 0) is 6.07 Å². The molecule has 0 aromatic heterocycles. The highest BCUT2D eigenvalue weighted by Crippen LogP contribution is 2.20. The summed E-state index contributed by atoms with van der Waals surface area (Å²) in [4.78, 5) is 0.856. The number of halogens is 4. The molecule has 0 aliphatic carbocycles. The number of rotatable bonds is 6. The maximum atomic E-state index is 14.1. The molecule has 0 aliphatic heterocycles. The minimum absolute atomic E-state index is 0.0446. The third-order valence-electron chi connectivity index (χ3n) is 2.68. The van der Waals surface area contributed by atoms with E-state index < -0.39 is 31.0 Å². The number of amidine groups is 1. The van der Waals surface area contributed by atoms with Crippen LogP contribution in [0.25, 0.3) is 0 Å². The lowest BCUT2D eigenvalue weighted by Gasteiger charge is -2.23. The molecule has 0 radical (unpaired) electrons. The molecule has 0 unspecified atom stereocenters. The highest BCUT2D eigenvalue weighted by molar-refractivity contribution is 5.97. The molecule has 1 aromatic rings. The Hall–Kier alpha value is -1.87. The highest BCUT2D eigenvalue weighted by atomic mass is 19.4. The minimum Gasteiger partial charge on any atom is -0.409 e. The van der Waals surface area contributed by atoms with Crippen LogP contribution in [-0.2, 0) is 6.54 Å². The Bertz CT molecular complexity index is 506. The van der Waals surface area contributed by atoms with Crippen LogP contribution in [0.3, 0.4) is 0 Å². The van der Waals surface area contributed by atoms with Gasteiger partial charge in [-0.25, -0.2) is 4.39 Å². The number of benzene rings is 1. The fourth-order valence-corrected chi connectivity index (χ4v) is 1.80. The summed E-state index contributed by atoms with van der Waals surface area (Å²) < 4.78 is 51.3. The molecule has 9 heteroatoms. The van der Waals surface area contributed by atoms with E-state index in [0.717, 1.165) is 4.90 Å². The van der Waals surface area contributed by atoms with E-state index in [1.54, 1.807) is 0 Å². The third kappa shape index (κ3) is 5.20. The van der Waals surface area contributed by atoms with Gasteiger partial charge in [0.05, 0.1) is 18.7 Å². The van der Waals surface area contributed by atoms with Crippen LogP contribution in [0.5, 0.6) is 0 Å². The number of aliphatic hydroxyl groups is 1. The lowest BCUT2D eigenvalue weighted by Crippen LogP contribution is -2.36. The first kappa shape index (κ1) is 17.2. The van der Waals surface area contributed by atoms with Crippen LogP contribution in [-0.4, -0.2) is 46.9 Å². The Kier molecular flexibility index (Phi) is 5.91. The molecule has 0 heterocycles. The highest BCUT2D eigenvalue weighted by Gasteiger charge is 2.31. The molecule has 0 saturated carbocycles. The van der Waals surface area contributed by atoms with Crippen LogP contribution in [0.1, 0.15) is 11.1 Å². The summed E-state index contributed by atoms with van der Waals surface area (Å²) in [6.07, 6.45) is -4.46. The first-order chi connectivity index (χ1) is 9.78. The van der Waals surface area contributed by atoms with Crippen molar-refractivity contribution in [3.63, 3.8) is 0 Å². The summed E-state index contributed by atoms with van der Waals surface area (Å²) in [6, 6.07) is 3.93. The average molecular weight is 309 g/mol. The van der Waals surface area contributed by atoms with Crippen molar-refractivity contribution in [3.05, 3.63) is 35.1 Å². The van der Waals surface area contributed by atoms with Gasteiger partial charge in [0.25, 0.3) is 0 Å². The molecule has 0 saturated heterocycles. The molecule has 0 bridgehead atoms. The molecule has 5 nitrogen and oxygen atoms in total. The summed E-state index contributed by atoms with van der Waals surface area (Å²) in [6.45, 7) is -2.39. The van der Waals surface area contributed by atoms with Gasteiger partial charge in [0.15, 0.2) is 5.84 Å². The van der Waals surface area contributed by atoms with Crippen molar-refractivity contribution >= 4 is 5.84 Å². The summed E-state index contributed by atoms with van der Waals surface area (Å²) in [7, 11) is 0. The largest absolute Gasteiger partial charge is 0.409 e. The lowest BCUT2D eigenvalue weighted by molar-refractivity contribution is -0.148. The first-order valence-corrected chi connectivity index (χ1v) is 5.93. The molecule has 1 aromatic carbocycles. The topological polar surface area (TPSA) is 82.1 Å². The Morgan fingerprint density at radius 1 is 1.33 bits per heavy atom. The monoisotopic (exact) mass is 309 g/mol. The van der Waals surface area contributed by atoms with E-state index in [1.165, 1.54) is 18.2 Å². The Balaban J connectivity index is 2.99. The number of hydrogen-bond donors (Lipinski definition) is 3. The van der Waals surface area contributed by atoms with E-state index in [1.807, 2.05) is 0 Å². The smallest absolute Gasteiger partial charge is 0.401 e. The molecular weight excluding hydrogens is 294 g/mol. The van der Waals surface area contributed by atoms with Gasteiger partial charge in [-0.2, -0.15) is 13.2 Å². The van der Waals surface area contributed by atoms with Crippen molar-refractivity contribution in [2.24, 2.45) is 10.9 Å². The van der Waals surface area contributed by atoms with E-state index in [9.17, 15) is 17.6 Å². The Morgan fingerprint density at radius 3 is 2.52 bits per heavy atom. The standard InChI is InChI=1S/C12H15F4N3O2/c13-10-8(2-1-3-9(10)11(17)18-21)6-19(4-5-20)7-12(14,15)16/h1-3,20-21H,4-7H2,(H2,17,18). The predicted octanol–water partition coefficient (Wildman–Crippen LogP) is 1.28. The van der Waals surface area contributed by atoms with Crippen molar-refractivity contribution in [1.29, 1.82) is 0 Å². The van der Waals surface area contributed by atoms with Crippen molar-refractivity contribution in [3.8, 4) is 0 Å². The van der Waals surface area contributed by atoms with E-state index >= 15 is 0 Å². The van der Waals surface area contributed by atoms with E-state index in [0.29, 0.717) is 0 Å². The molecular formula is C12H15F4N3O2. The van der Waals surface area contributed by atoms with Gasteiger partial charge in [0.1, 0.15) is 5.82 Å². The van der Waals surface area contributed by atoms with Crippen molar-refractivity contribution in [2.75, 3.05) is 19.7 Å². The van der Waals surface area contributed by atoms with Crippen LogP contribution >= 0.6 is 0 Å². The van der Waals surface area contributed by atoms with Crippen molar-refractivity contribution in [2.45, 2.75) is 12.7 Å². The fraction of sp³-hybridized carbons (Fsp3) is 0.417. The number of hydrogen-bond acceptors (Lipinski definition) is 4. The Morgan fingerprint density at radius 2 is 2.00 bits per heavy atom. The van der Waals surface area contributed by atoms with Gasteiger partial charge in [0, 0.05) is 18.7 Å². The summed E-state index contributed by atoms with van der Waals surface area (Å²) in [5, 5.41) is 20.0. The van der Waals surface area contributed by atoms with E-state index in [2.05, 4.69) is 5.16 Å². The summed E-state index contributed by atoms with van der Waals surface area (Å²) >= 11 is 0. The number of nitrogens with zero attached hydrogens (tertiary/aromatic N) is 2. The van der Waals surface area contributed by atoms with Crippen LogP contribution in [0.2, 0.25) is 0 Å². The second kappa shape index (κ2) is 7.23. The third-order valence-corrected chi connectivity index (χ3v) is 2.68. The van der Waals surface area contributed by atoms with Crippen LogP contribution < -0.4 is 5.73 Å². The SMILES string of the molecule is N/C(=N/O)c1cccc(CN(CCO)CC(F)(F)F)c1F. The molecule has 0 amide bonds. The first-order valence-electron chi connectivity index (χ1n) is 5.93. The number of alkyl halides is 3. The van der Waals surface area contributed by atoms with E-state index in [4.69, 9.17) is 16.0 Å². The van der Waals surface area contributed by atoms with Gasteiger partial charge in [-0.3, -0.25) is 4.90 Å². The molecule has 0 fully saturated rings. The average Bonchev–Trinajstić information content (AvgIpc) is 2.38. The van der Waals surface area contributed by atoms with E-state index in [-0.39, 0.29) is 24.2 Å². The van der Waals surface area contributed by atoms with Gasteiger partial charge < -0.3 is 16.0 Å². The zero-order valence-corrected chi connectivity index (χ0v) is 10.9. The summed E-state index contributed by atoms with van der Waals surface area (Å²) in [5.41, 5.74) is 5.03. The quantitative estimate of drug-likeness (QED) is 0.243. The molecule has 0 aliphatic rings. The minimum atomic E-state index is -4.46. The molecule has 0 spiro atoms. The zero-order valence-electron chi connectivity index (χ0n) is 10.9. The van der Waals surface area contributed by atoms with Crippen LogP contribution in [0.15, 0.2) is 23.4 Å². The van der Waals surface area contributed by atoms with Gasteiger partial charge >= 0.3 is 6.18 Å². The molecule has 0 atom stereocenters. The van der Waals surface area contributed by atoms with Crippen LogP contribution in [0, 0.1) is 5.82 Å². The lowest BCUT2D eigenvalue weighted by atomic mass is 10.1. The Labute approximate surface area is 118 Å². The molecule has 21 heavy (non-hydrogen) atoms. The van der Waals surface area contributed by atoms with Crippen molar-refractivity contribution < 1.29 is 27.9 Å². The number of aliphatic hydroxyl groups excluding tert-OH is 1. The second-order valence-electron chi connectivity index (χ2n) is 4.31. The molecule has 118 valence electrons.